The number of anilines is 1. The van der Waals surface area contributed by atoms with Crippen LogP contribution in [-0.4, -0.2) is 37.6 Å². The van der Waals surface area contributed by atoms with E-state index in [-0.39, 0.29) is 11.9 Å². The Balaban J connectivity index is 2.32. The molecule has 0 saturated heterocycles. The molecule has 0 radical (unpaired) electrons. The molecule has 23 heavy (non-hydrogen) atoms. The van der Waals surface area contributed by atoms with Crippen molar-refractivity contribution in [2.45, 2.75) is 52.6 Å². The molecule has 1 aliphatic rings. The molecule has 0 bridgehead atoms. The van der Waals surface area contributed by atoms with Crippen LogP contribution in [0.4, 0.5) is 5.69 Å². The highest BCUT2D eigenvalue weighted by Crippen LogP contribution is 2.32. The lowest BCUT2D eigenvalue weighted by molar-refractivity contribution is 0.0628. The van der Waals surface area contributed by atoms with Gasteiger partial charge in [-0.3, -0.25) is 9.52 Å². The van der Waals surface area contributed by atoms with Crippen molar-refractivity contribution in [2.24, 2.45) is 5.92 Å². The predicted octanol–water partition coefficient (Wildman–Crippen LogP) is 3.02. The summed E-state index contributed by atoms with van der Waals surface area (Å²) in [4.78, 5) is 14.9. The number of nitrogens with zero attached hydrogens (tertiary/aromatic N) is 1. The van der Waals surface area contributed by atoms with Gasteiger partial charge < -0.3 is 4.90 Å². The molecule has 6 heteroatoms. The second-order valence-corrected chi connectivity index (χ2v) is 8.58. The largest absolute Gasteiger partial charge is 0.333 e. The summed E-state index contributed by atoms with van der Waals surface area (Å²) >= 11 is 0. The van der Waals surface area contributed by atoms with E-state index in [9.17, 15) is 13.2 Å². The van der Waals surface area contributed by atoms with Crippen LogP contribution < -0.4 is 4.72 Å². The fraction of sp³-hybridized carbons (Fsp3) is 0.588. The van der Waals surface area contributed by atoms with Crippen LogP contribution in [-0.2, 0) is 10.0 Å². The molecule has 1 N–H and O–H groups in total. The Morgan fingerprint density at radius 1 is 1.26 bits per heavy atom. The Hall–Kier alpha value is -1.56. The van der Waals surface area contributed by atoms with Crippen molar-refractivity contribution in [3.05, 3.63) is 29.3 Å². The smallest absolute Gasteiger partial charge is 0.254 e. The first-order chi connectivity index (χ1) is 10.6. The Kier molecular flexibility index (Phi) is 5.04. The van der Waals surface area contributed by atoms with Gasteiger partial charge in [0.1, 0.15) is 0 Å². The van der Waals surface area contributed by atoms with Crippen LogP contribution in [0.1, 0.15) is 49.5 Å². The third-order valence-corrected chi connectivity index (χ3v) is 4.95. The number of rotatable bonds is 6. The quantitative estimate of drug-likeness (QED) is 0.867. The Bertz CT molecular complexity index is 694. The topological polar surface area (TPSA) is 66.5 Å². The minimum atomic E-state index is -3.37. The van der Waals surface area contributed by atoms with Crippen molar-refractivity contribution >= 4 is 21.6 Å². The zero-order chi connectivity index (χ0) is 17.4. The van der Waals surface area contributed by atoms with Gasteiger partial charge in [-0.25, -0.2) is 8.42 Å². The minimum Gasteiger partial charge on any atom is -0.333 e. The van der Waals surface area contributed by atoms with Crippen LogP contribution in [0, 0.1) is 12.8 Å². The number of amides is 1. The van der Waals surface area contributed by atoms with Gasteiger partial charge in [0, 0.05) is 17.6 Å². The van der Waals surface area contributed by atoms with Crippen molar-refractivity contribution in [1.29, 1.82) is 0 Å². The highest BCUT2D eigenvalue weighted by molar-refractivity contribution is 7.92. The molecule has 1 amide bonds. The van der Waals surface area contributed by atoms with Crippen molar-refractivity contribution in [2.75, 3.05) is 11.0 Å². The summed E-state index contributed by atoms with van der Waals surface area (Å²) in [6, 6.07) is 5.66. The number of sulfonamides is 1. The summed E-state index contributed by atoms with van der Waals surface area (Å²) in [5.74, 6) is 0.351. The molecule has 2 rings (SSSR count). The Labute approximate surface area is 139 Å². The summed E-state index contributed by atoms with van der Waals surface area (Å²) < 4.78 is 25.4. The number of hydrogen-bond donors (Lipinski definition) is 1. The Morgan fingerprint density at radius 3 is 2.35 bits per heavy atom. The van der Waals surface area contributed by atoms with Crippen LogP contribution in [0.2, 0.25) is 0 Å². The molecule has 0 heterocycles. The van der Waals surface area contributed by atoms with Gasteiger partial charge in [-0.15, -0.1) is 0 Å². The van der Waals surface area contributed by atoms with Crippen LogP contribution in [0.3, 0.4) is 0 Å². The molecule has 1 aromatic rings. The van der Waals surface area contributed by atoms with Crippen LogP contribution in [0.15, 0.2) is 18.2 Å². The first-order valence-corrected chi connectivity index (χ1v) is 9.90. The molecule has 1 unspecified atom stereocenters. The summed E-state index contributed by atoms with van der Waals surface area (Å²) in [7, 11) is -3.37. The van der Waals surface area contributed by atoms with E-state index in [0.29, 0.717) is 23.2 Å². The molecule has 1 fully saturated rings. The third kappa shape index (κ3) is 4.47. The summed E-state index contributed by atoms with van der Waals surface area (Å²) in [6.45, 7) is 8.11. The number of carbonyl (C=O) groups is 1. The van der Waals surface area contributed by atoms with Gasteiger partial charge in [-0.1, -0.05) is 19.9 Å². The predicted molar refractivity (Wildman–Crippen MR) is 93.1 cm³/mol. The Morgan fingerprint density at radius 2 is 1.87 bits per heavy atom. The van der Waals surface area contributed by atoms with E-state index in [2.05, 4.69) is 25.5 Å². The van der Waals surface area contributed by atoms with Crippen LogP contribution in [0.25, 0.3) is 0 Å². The zero-order valence-corrected chi connectivity index (χ0v) is 15.3. The lowest BCUT2D eigenvalue weighted by atomic mass is 10.0. The third-order valence-electron chi connectivity index (χ3n) is 4.36. The van der Waals surface area contributed by atoms with E-state index in [1.165, 1.54) is 0 Å². The van der Waals surface area contributed by atoms with Crippen molar-refractivity contribution in [1.82, 2.24) is 4.90 Å². The molecule has 1 aliphatic carbocycles. The second kappa shape index (κ2) is 6.51. The van der Waals surface area contributed by atoms with Crippen molar-refractivity contribution in [3.8, 4) is 0 Å². The standard InChI is InChI=1S/C17H26N2O3S/c1-11(2)13(4)19(15-8-9-15)17(20)14-7-6-12(3)16(10-14)18-23(5,21)22/h6-7,10-11,13,15,18H,8-9H2,1-5H3. The van der Waals surface area contributed by atoms with Crippen LogP contribution >= 0.6 is 0 Å². The van der Waals surface area contributed by atoms with Gasteiger partial charge >= 0.3 is 0 Å². The molecule has 1 aromatic carbocycles. The van der Waals surface area contributed by atoms with Gasteiger partial charge in [0.05, 0.1) is 11.9 Å². The number of nitrogens with one attached hydrogen (secondary N) is 1. The maximum atomic E-state index is 13.0. The van der Waals surface area contributed by atoms with Gasteiger partial charge in [0.15, 0.2) is 0 Å². The highest BCUT2D eigenvalue weighted by Gasteiger charge is 2.37. The fourth-order valence-electron chi connectivity index (χ4n) is 2.57. The average molecular weight is 338 g/mol. The molecule has 0 aromatic heterocycles. The number of benzene rings is 1. The summed E-state index contributed by atoms with van der Waals surface area (Å²) in [6.07, 6.45) is 3.20. The van der Waals surface area contributed by atoms with Crippen LogP contribution in [0.5, 0.6) is 0 Å². The lowest BCUT2D eigenvalue weighted by Gasteiger charge is -2.32. The molecular weight excluding hydrogens is 312 g/mol. The van der Waals surface area contributed by atoms with E-state index in [1.807, 2.05) is 11.8 Å². The van der Waals surface area contributed by atoms with E-state index >= 15 is 0 Å². The van der Waals surface area contributed by atoms with E-state index in [1.54, 1.807) is 18.2 Å². The molecule has 0 spiro atoms. The maximum Gasteiger partial charge on any atom is 0.254 e. The molecule has 1 atom stereocenters. The van der Waals surface area contributed by atoms with Gasteiger partial charge in [-0.05, 0) is 50.3 Å². The van der Waals surface area contributed by atoms with Gasteiger partial charge in [-0.2, -0.15) is 0 Å². The maximum absolute atomic E-state index is 13.0. The molecule has 128 valence electrons. The molecule has 0 aliphatic heterocycles. The zero-order valence-electron chi connectivity index (χ0n) is 14.5. The van der Waals surface area contributed by atoms with Gasteiger partial charge in [0.25, 0.3) is 5.91 Å². The van der Waals surface area contributed by atoms with Crippen molar-refractivity contribution < 1.29 is 13.2 Å². The monoisotopic (exact) mass is 338 g/mol. The number of hydrogen-bond acceptors (Lipinski definition) is 3. The molecule has 1 saturated carbocycles. The van der Waals surface area contributed by atoms with Crippen molar-refractivity contribution in [3.63, 3.8) is 0 Å². The lowest BCUT2D eigenvalue weighted by Crippen LogP contribution is -2.43. The highest BCUT2D eigenvalue weighted by atomic mass is 32.2. The molecular formula is C17H26N2O3S. The molecule has 5 nitrogen and oxygen atoms in total. The summed E-state index contributed by atoms with van der Waals surface area (Å²) in [5.41, 5.74) is 1.79. The number of aryl methyl sites for hydroxylation is 1. The SMILES string of the molecule is Cc1ccc(C(=O)N(C2CC2)C(C)C(C)C)cc1NS(C)(=O)=O. The van der Waals surface area contributed by atoms with E-state index < -0.39 is 10.0 Å². The van der Waals surface area contributed by atoms with Gasteiger partial charge in [0.2, 0.25) is 10.0 Å². The fourth-order valence-corrected chi connectivity index (χ4v) is 3.19. The average Bonchev–Trinajstić information content (AvgIpc) is 3.24. The first-order valence-electron chi connectivity index (χ1n) is 8.01. The second-order valence-electron chi connectivity index (χ2n) is 6.83. The summed E-state index contributed by atoms with van der Waals surface area (Å²) in [5, 5.41) is 0. The minimum absolute atomic E-state index is 0.0229. The first kappa shape index (κ1) is 17.8. The normalized spacial score (nSPS) is 16.3. The van der Waals surface area contributed by atoms with E-state index in [0.717, 1.165) is 24.7 Å². The van der Waals surface area contributed by atoms with E-state index in [4.69, 9.17) is 0 Å². The number of carbonyl (C=O) groups excluding carboxylic acids is 1.